The summed E-state index contributed by atoms with van der Waals surface area (Å²) in [5.41, 5.74) is -1.86. The molecule has 27 heavy (non-hydrogen) atoms. The Kier molecular flexibility index (Phi) is 4.95. The van der Waals surface area contributed by atoms with Crippen LogP contribution in [0.3, 0.4) is 0 Å². The molecule has 1 amide bonds. The largest absolute Gasteiger partial charge is 0.481 e. The van der Waals surface area contributed by atoms with Crippen LogP contribution in [-0.2, 0) is 11.0 Å². The molecule has 1 saturated carbocycles. The van der Waals surface area contributed by atoms with Crippen LogP contribution in [0.2, 0.25) is 0 Å². The molecule has 2 unspecified atom stereocenters. The van der Waals surface area contributed by atoms with E-state index in [-0.39, 0.29) is 23.2 Å². The van der Waals surface area contributed by atoms with E-state index in [2.05, 4.69) is 5.32 Å². The van der Waals surface area contributed by atoms with Gasteiger partial charge in [-0.15, -0.1) is 0 Å². The van der Waals surface area contributed by atoms with Crippen LogP contribution >= 0.6 is 0 Å². The van der Waals surface area contributed by atoms with Crippen molar-refractivity contribution in [2.75, 3.05) is 6.54 Å². The monoisotopic (exact) mass is 383 g/mol. The number of aliphatic carboxylic acids is 1. The smallest absolute Gasteiger partial charge is 0.416 e. The molecule has 0 bridgehead atoms. The number of amides is 1. The summed E-state index contributed by atoms with van der Waals surface area (Å²) in [5, 5.41) is 11.5. The molecule has 1 aliphatic carbocycles. The normalized spacial score (nSPS) is 20.0. The van der Waals surface area contributed by atoms with Crippen LogP contribution in [-0.4, -0.2) is 23.5 Å². The number of carboxylic acids is 1. The van der Waals surface area contributed by atoms with Crippen molar-refractivity contribution in [1.29, 1.82) is 0 Å². The Hall–Kier alpha value is -2.84. The highest BCUT2D eigenvalue weighted by molar-refractivity contribution is 5.95. The van der Waals surface area contributed by atoms with Crippen molar-refractivity contribution < 1.29 is 32.3 Å². The van der Waals surface area contributed by atoms with E-state index < -0.39 is 40.9 Å². The minimum absolute atomic E-state index is 0.0597. The minimum atomic E-state index is -4.58. The highest BCUT2D eigenvalue weighted by Gasteiger charge is 2.33. The Labute approximate surface area is 151 Å². The molecule has 144 valence electrons. The Morgan fingerprint density at radius 2 is 1.96 bits per heavy atom. The Bertz CT molecular complexity index is 950. The summed E-state index contributed by atoms with van der Waals surface area (Å²) in [7, 11) is 0. The van der Waals surface area contributed by atoms with Crippen molar-refractivity contribution in [3.63, 3.8) is 0 Å². The lowest BCUT2D eigenvalue weighted by atomic mass is 9.96. The van der Waals surface area contributed by atoms with E-state index in [4.69, 9.17) is 9.52 Å². The van der Waals surface area contributed by atoms with Crippen molar-refractivity contribution in [1.82, 2.24) is 5.32 Å². The molecule has 6 nitrogen and oxygen atoms in total. The molecular weight excluding hydrogens is 367 g/mol. The van der Waals surface area contributed by atoms with Gasteiger partial charge in [0.25, 0.3) is 5.91 Å². The summed E-state index contributed by atoms with van der Waals surface area (Å²) in [6.45, 7) is 0.0835. The lowest BCUT2D eigenvalue weighted by molar-refractivity contribution is -0.143. The quantitative estimate of drug-likeness (QED) is 0.846. The first-order valence-electron chi connectivity index (χ1n) is 8.33. The molecule has 9 heteroatoms. The highest BCUT2D eigenvalue weighted by Crippen LogP contribution is 2.32. The van der Waals surface area contributed by atoms with Crippen LogP contribution < -0.4 is 10.9 Å². The molecular formula is C18H16F3NO5. The van der Waals surface area contributed by atoms with Gasteiger partial charge >= 0.3 is 17.8 Å². The van der Waals surface area contributed by atoms with Crippen molar-refractivity contribution in [2.24, 2.45) is 11.8 Å². The van der Waals surface area contributed by atoms with Crippen molar-refractivity contribution in [3.8, 4) is 0 Å². The number of carboxylic acid groups (broad SMARTS) is 1. The van der Waals surface area contributed by atoms with Crippen molar-refractivity contribution in [3.05, 3.63) is 46.0 Å². The zero-order chi connectivity index (χ0) is 19.8. The number of hydrogen-bond acceptors (Lipinski definition) is 4. The second kappa shape index (κ2) is 7.05. The van der Waals surface area contributed by atoms with E-state index >= 15 is 0 Å². The maximum atomic E-state index is 12.8. The third-order valence-electron chi connectivity index (χ3n) is 4.81. The number of fused-ring (bicyclic) bond motifs is 1. The summed E-state index contributed by atoms with van der Waals surface area (Å²) in [5.74, 6) is -2.92. The van der Waals surface area contributed by atoms with Crippen LogP contribution in [0.25, 0.3) is 10.8 Å². The summed E-state index contributed by atoms with van der Waals surface area (Å²) >= 11 is 0. The average molecular weight is 383 g/mol. The summed E-state index contributed by atoms with van der Waals surface area (Å²) in [6, 6.07) is 3.62. The third kappa shape index (κ3) is 3.96. The van der Waals surface area contributed by atoms with Crippen LogP contribution in [0.15, 0.2) is 33.5 Å². The van der Waals surface area contributed by atoms with Gasteiger partial charge in [-0.25, -0.2) is 4.79 Å². The first-order valence-corrected chi connectivity index (χ1v) is 8.33. The molecule has 0 aliphatic heterocycles. The van der Waals surface area contributed by atoms with E-state index in [0.717, 1.165) is 30.7 Å². The van der Waals surface area contributed by atoms with Gasteiger partial charge in [0.1, 0.15) is 0 Å². The van der Waals surface area contributed by atoms with Gasteiger partial charge < -0.3 is 14.8 Å². The van der Waals surface area contributed by atoms with Gasteiger partial charge in [0.05, 0.1) is 16.9 Å². The number of carbonyl (C=O) groups is 2. The molecule has 2 aromatic rings. The number of carbonyl (C=O) groups excluding carboxylic acids is 1. The van der Waals surface area contributed by atoms with Gasteiger partial charge in [-0.3, -0.25) is 9.59 Å². The highest BCUT2D eigenvalue weighted by atomic mass is 19.4. The maximum Gasteiger partial charge on any atom is 0.416 e. The molecule has 2 atom stereocenters. The van der Waals surface area contributed by atoms with Crippen LogP contribution in [0.1, 0.15) is 35.4 Å². The number of nitrogens with one attached hydrogen (secondary N) is 1. The van der Waals surface area contributed by atoms with Crippen LogP contribution in [0.5, 0.6) is 0 Å². The topological polar surface area (TPSA) is 96.6 Å². The van der Waals surface area contributed by atoms with E-state index in [1.165, 1.54) is 0 Å². The number of halogens is 3. The zero-order valence-corrected chi connectivity index (χ0v) is 14.0. The van der Waals surface area contributed by atoms with E-state index in [1.54, 1.807) is 0 Å². The van der Waals surface area contributed by atoms with Gasteiger partial charge in [0, 0.05) is 6.54 Å². The SMILES string of the molecule is O=C(NCC1CCCC1C(=O)O)c1cc2cc(C(F)(F)F)ccc2c(=O)o1. The van der Waals surface area contributed by atoms with Gasteiger partial charge in [0.2, 0.25) is 0 Å². The predicted molar refractivity (Wildman–Crippen MR) is 88.3 cm³/mol. The van der Waals surface area contributed by atoms with E-state index in [0.29, 0.717) is 12.8 Å². The second-order valence-electron chi connectivity index (χ2n) is 6.54. The fraction of sp³-hybridized carbons (Fsp3) is 0.389. The molecule has 3 rings (SSSR count). The molecule has 1 aliphatic rings. The summed E-state index contributed by atoms with van der Waals surface area (Å²) in [6.07, 6.45) is -2.67. The number of rotatable bonds is 4. The Morgan fingerprint density at radius 1 is 1.22 bits per heavy atom. The Balaban J connectivity index is 1.82. The fourth-order valence-corrected chi connectivity index (χ4v) is 3.40. The molecule has 0 radical (unpaired) electrons. The van der Waals surface area contributed by atoms with Crippen molar-refractivity contribution >= 4 is 22.6 Å². The molecule has 1 aromatic carbocycles. The molecule has 1 fully saturated rings. The summed E-state index contributed by atoms with van der Waals surface area (Å²) < 4.78 is 43.4. The minimum Gasteiger partial charge on any atom is -0.481 e. The standard InChI is InChI=1S/C18H16F3NO5/c19-18(20,21)11-4-5-13-10(6-11)7-14(27-17(13)26)15(23)22-8-9-2-1-3-12(9)16(24)25/h4-7,9,12H,1-3,8H2,(H,22,23)(H,24,25). The maximum absolute atomic E-state index is 12.8. The second-order valence-corrected chi connectivity index (χ2v) is 6.54. The Morgan fingerprint density at radius 3 is 2.63 bits per heavy atom. The molecule has 0 saturated heterocycles. The van der Waals surface area contributed by atoms with Gasteiger partial charge in [-0.2, -0.15) is 13.2 Å². The number of hydrogen-bond donors (Lipinski definition) is 2. The molecule has 1 heterocycles. The molecule has 0 spiro atoms. The predicted octanol–water partition coefficient (Wildman–Crippen LogP) is 3.04. The van der Waals surface area contributed by atoms with Crippen molar-refractivity contribution in [2.45, 2.75) is 25.4 Å². The van der Waals surface area contributed by atoms with Crippen LogP contribution in [0, 0.1) is 11.8 Å². The lowest BCUT2D eigenvalue weighted by Crippen LogP contribution is -2.33. The van der Waals surface area contributed by atoms with Gasteiger partial charge in [0.15, 0.2) is 5.76 Å². The number of benzene rings is 1. The first-order chi connectivity index (χ1) is 12.7. The lowest BCUT2D eigenvalue weighted by Gasteiger charge is -2.16. The van der Waals surface area contributed by atoms with Crippen LogP contribution in [0.4, 0.5) is 13.2 Å². The molecule has 1 aromatic heterocycles. The van der Waals surface area contributed by atoms with Gasteiger partial charge in [-0.1, -0.05) is 6.42 Å². The summed E-state index contributed by atoms with van der Waals surface area (Å²) in [4.78, 5) is 35.4. The van der Waals surface area contributed by atoms with Gasteiger partial charge in [-0.05, 0) is 48.4 Å². The van der Waals surface area contributed by atoms with E-state index in [9.17, 15) is 27.6 Å². The fourth-order valence-electron chi connectivity index (χ4n) is 3.40. The molecule has 2 N–H and O–H groups in total. The first kappa shape index (κ1) is 18.9. The van der Waals surface area contributed by atoms with E-state index in [1.807, 2.05) is 0 Å². The zero-order valence-electron chi connectivity index (χ0n) is 14.0. The average Bonchev–Trinajstić information content (AvgIpc) is 3.07. The third-order valence-corrected chi connectivity index (χ3v) is 4.81. The number of alkyl halides is 3.